The van der Waals surface area contributed by atoms with Crippen molar-refractivity contribution in [3.63, 3.8) is 0 Å². The lowest BCUT2D eigenvalue weighted by atomic mass is 10.1. The molecule has 1 heterocycles. The minimum absolute atomic E-state index is 0.0319. The normalized spacial score (nSPS) is 10.4. The summed E-state index contributed by atoms with van der Waals surface area (Å²) in [6, 6.07) is 7.37. The molecule has 0 spiro atoms. The molecule has 16 heavy (non-hydrogen) atoms. The molecule has 0 bridgehead atoms. The molecule has 0 N–H and O–H groups in total. The van der Waals surface area contributed by atoms with Crippen LogP contribution >= 0.6 is 38.9 Å². The summed E-state index contributed by atoms with van der Waals surface area (Å²) in [5, 5.41) is 2.34. The lowest BCUT2D eigenvalue weighted by Crippen LogP contribution is -2.01. The van der Waals surface area contributed by atoms with Crippen LogP contribution in [0.5, 0.6) is 0 Å². The van der Waals surface area contributed by atoms with Gasteiger partial charge in [-0.1, -0.05) is 23.7 Å². The molecule has 0 fully saturated rings. The predicted molar refractivity (Wildman–Crippen MR) is 71.6 cm³/mol. The van der Waals surface area contributed by atoms with Crippen LogP contribution in [0.25, 0.3) is 0 Å². The van der Waals surface area contributed by atoms with E-state index < -0.39 is 0 Å². The second-order valence-corrected chi connectivity index (χ2v) is 5.48. The first-order valence-corrected chi connectivity index (χ1v) is 6.69. The summed E-state index contributed by atoms with van der Waals surface area (Å²) in [6.07, 6.45) is 0. The number of benzene rings is 1. The van der Waals surface area contributed by atoms with Gasteiger partial charge in [0.1, 0.15) is 0 Å². The van der Waals surface area contributed by atoms with Gasteiger partial charge in [-0.25, -0.2) is 0 Å². The monoisotopic (exact) mass is 314 g/mol. The van der Waals surface area contributed by atoms with Gasteiger partial charge in [0.25, 0.3) is 0 Å². The molecule has 0 saturated heterocycles. The number of thiophene rings is 1. The fraction of sp³-hybridized carbons (Fsp3) is 0.0833. The summed E-state index contributed by atoms with van der Waals surface area (Å²) in [5.74, 6) is -0.0319. The average molecular weight is 316 g/mol. The molecule has 0 unspecified atom stereocenters. The topological polar surface area (TPSA) is 17.1 Å². The molecule has 0 aliphatic carbocycles. The molecule has 4 heteroatoms. The maximum Gasteiger partial charge on any atom is 0.205 e. The van der Waals surface area contributed by atoms with Crippen LogP contribution in [-0.4, -0.2) is 5.78 Å². The fourth-order valence-corrected chi connectivity index (χ4v) is 2.94. The van der Waals surface area contributed by atoms with Crippen LogP contribution in [0.2, 0.25) is 5.02 Å². The van der Waals surface area contributed by atoms with Gasteiger partial charge in [0.2, 0.25) is 5.78 Å². The van der Waals surface area contributed by atoms with Crippen LogP contribution in [0.4, 0.5) is 0 Å². The van der Waals surface area contributed by atoms with Gasteiger partial charge in [-0.15, -0.1) is 11.3 Å². The van der Waals surface area contributed by atoms with Crippen LogP contribution in [0, 0.1) is 6.92 Å². The molecule has 0 aliphatic heterocycles. The minimum atomic E-state index is -0.0319. The van der Waals surface area contributed by atoms with Gasteiger partial charge in [0, 0.05) is 10.0 Å². The van der Waals surface area contributed by atoms with Crippen molar-refractivity contribution in [3.05, 3.63) is 55.1 Å². The number of rotatable bonds is 2. The van der Waals surface area contributed by atoms with Gasteiger partial charge < -0.3 is 0 Å². The smallest absolute Gasteiger partial charge is 0.205 e. The van der Waals surface area contributed by atoms with Crippen molar-refractivity contribution in [1.82, 2.24) is 0 Å². The summed E-state index contributed by atoms with van der Waals surface area (Å²) in [5.41, 5.74) is 1.70. The second-order valence-electron chi connectivity index (χ2n) is 3.36. The molecular weight excluding hydrogens is 308 g/mol. The molecule has 1 aromatic carbocycles. The van der Waals surface area contributed by atoms with E-state index in [0.717, 1.165) is 10.0 Å². The maximum atomic E-state index is 12.2. The zero-order valence-corrected chi connectivity index (χ0v) is 11.6. The van der Waals surface area contributed by atoms with Gasteiger partial charge in [0.15, 0.2) is 0 Å². The van der Waals surface area contributed by atoms with Crippen molar-refractivity contribution in [2.24, 2.45) is 0 Å². The van der Waals surface area contributed by atoms with Gasteiger partial charge in [-0.3, -0.25) is 4.79 Å². The van der Waals surface area contributed by atoms with Crippen molar-refractivity contribution in [2.75, 3.05) is 0 Å². The number of aryl methyl sites for hydroxylation is 1. The Morgan fingerprint density at radius 2 is 2.12 bits per heavy atom. The molecule has 1 nitrogen and oxygen atoms in total. The summed E-state index contributed by atoms with van der Waals surface area (Å²) in [4.78, 5) is 12.8. The summed E-state index contributed by atoms with van der Waals surface area (Å²) >= 11 is 10.7. The number of ketones is 1. The zero-order chi connectivity index (χ0) is 11.7. The molecular formula is C12H8BrClOS. The Morgan fingerprint density at radius 3 is 2.75 bits per heavy atom. The van der Waals surface area contributed by atoms with Gasteiger partial charge in [-0.2, -0.15) is 0 Å². The number of hydrogen-bond acceptors (Lipinski definition) is 2. The van der Waals surface area contributed by atoms with Crippen LogP contribution < -0.4 is 0 Å². The number of hydrogen-bond donors (Lipinski definition) is 0. The Balaban J connectivity index is 2.50. The van der Waals surface area contributed by atoms with E-state index in [2.05, 4.69) is 15.9 Å². The third-order valence-electron chi connectivity index (χ3n) is 2.26. The van der Waals surface area contributed by atoms with E-state index in [1.165, 1.54) is 11.3 Å². The molecule has 0 saturated carbocycles. The minimum Gasteiger partial charge on any atom is -0.288 e. The number of carbonyl (C=O) groups excluding carboxylic acids is 1. The SMILES string of the molecule is Cc1cccc(C(=O)c2sccc2Cl)c1Br. The highest BCUT2D eigenvalue weighted by Crippen LogP contribution is 2.29. The highest BCUT2D eigenvalue weighted by Gasteiger charge is 2.17. The molecule has 0 radical (unpaired) electrons. The lowest BCUT2D eigenvalue weighted by molar-refractivity contribution is 0.104. The zero-order valence-electron chi connectivity index (χ0n) is 8.46. The van der Waals surface area contributed by atoms with Crippen LogP contribution in [0.3, 0.4) is 0 Å². The maximum absolute atomic E-state index is 12.2. The summed E-state index contributed by atoms with van der Waals surface area (Å²) in [6.45, 7) is 1.96. The Hall–Kier alpha value is -0.640. The largest absolute Gasteiger partial charge is 0.288 e. The first-order valence-electron chi connectivity index (χ1n) is 4.64. The van der Waals surface area contributed by atoms with E-state index in [9.17, 15) is 4.79 Å². The van der Waals surface area contributed by atoms with Crippen LogP contribution in [0.1, 0.15) is 20.8 Å². The second kappa shape index (κ2) is 4.70. The first-order chi connectivity index (χ1) is 7.61. The molecule has 0 atom stereocenters. The van der Waals surface area contributed by atoms with Crippen LogP contribution in [0.15, 0.2) is 34.1 Å². The number of halogens is 2. The lowest BCUT2D eigenvalue weighted by Gasteiger charge is -2.04. The van der Waals surface area contributed by atoms with Gasteiger partial charge in [-0.05, 0) is 45.9 Å². The summed E-state index contributed by atoms with van der Waals surface area (Å²) in [7, 11) is 0. The van der Waals surface area contributed by atoms with E-state index in [1.807, 2.05) is 24.4 Å². The average Bonchev–Trinajstić information content (AvgIpc) is 2.68. The quantitative estimate of drug-likeness (QED) is 0.734. The van der Waals surface area contributed by atoms with Crippen molar-refractivity contribution < 1.29 is 4.79 Å². The van der Waals surface area contributed by atoms with E-state index in [1.54, 1.807) is 12.1 Å². The third kappa shape index (κ3) is 2.08. The molecule has 2 rings (SSSR count). The summed E-state index contributed by atoms with van der Waals surface area (Å²) < 4.78 is 0.837. The standard InChI is InChI=1S/C12H8BrClOS/c1-7-3-2-4-8(10(7)13)11(15)12-9(14)5-6-16-12/h2-6H,1H3. The van der Waals surface area contributed by atoms with E-state index in [4.69, 9.17) is 11.6 Å². The highest BCUT2D eigenvalue weighted by atomic mass is 79.9. The van der Waals surface area contributed by atoms with Gasteiger partial charge in [0.05, 0.1) is 9.90 Å². The Labute approximate surface area is 111 Å². The van der Waals surface area contributed by atoms with Crippen molar-refractivity contribution in [3.8, 4) is 0 Å². The Kier molecular flexibility index (Phi) is 3.47. The van der Waals surface area contributed by atoms with Crippen molar-refractivity contribution in [2.45, 2.75) is 6.92 Å². The predicted octanol–water partition coefficient (Wildman–Crippen LogP) is 4.70. The first kappa shape index (κ1) is 11.8. The molecule has 0 amide bonds. The molecule has 2 aromatic rings. The molecule has 0 aliphatic rings. The molecule has 82 valence electrons. The van der Waals surface area contributed by atoms with Crippen molar-refractivity contribution in [1.29, 1.82) is 0 Å². The molecule has 1 aromatic heterocycles. The fourth-order valence-electron chi connectivity index (χ4n) is 1.40. The Bertz CT molecular complexity index is 548. The Morgan fingerprint density at radius 1 is 1.38 bits per heavy atom. The van der Waals surface area contributed by atoms with E-state index >= 15 is 0 Å². The highest BCUT2D eigenvalue weighted by molar-refractivity contribution is 9.10. The van der Waals surface area contributed by atoms with Crippen LogP contribution in [-0.2, 0) is 0 Å². The number of carbonyl (C=O) groups is 1. The third-order valence-corrected chi connectivity index (χ3v) is 4.65. The van der Waals surface area contributed by atoms with E-state index in [-0.39, 0.29) is 5.78 Å². The van der Waals surface area contributed by atoms with Gasteiger partial charge >= 0.3 is 0 Å². The van der Waals surface area contributed by atoms with Crippen molar-refractivity contribution >= 4 is 44.7 Å². The van der Waals surface area contributed by atoms with E-state index in [0.29, 0.717) is 15.5 Å².